The Morgan fingerprint density at radius 3 is 2.84 bits per heavy atom. The van der Waals surface area contributed by atoms with E-state index in [1.165, 1.54) is 5.56 Å². The van der Waals surface area contributed by atoms with Gasteiger partial charge < -0.3 is 15.6 Å². The first-order valence-electron chi connectivity index (χ1n) is 8.65. The van der Waals surface area contributed by atoms with Crippen molar-refractivity contribution >= 4 is 24.0 Å². The van der Waals surface area contributed by atoms with Crippen LogP contribution in [0.1, 0.15) is 49.4 Å². The third-order valence-corrected chi connectivity index (χ3v) is 5.23. The number of nitrogens with zero attached hydrogens (tertiary/aromatic N) is 2. The third-order valence-electron chi connectivity index (χ3n) is 5.23. The predicted molar refractivity (Wildman–Crippen MR) is 96.5 cm³/mol. The van der Waals surface area contributed by atoms with Crippen molar-refractivity contribution < 1.29 is 9.32 Å². The standard InChI is InChI=1S/C18H22N4O2.ClH/c19-18(9-3-4-10-18)17-21-15(24-22-17)8-7-13-11-12-5-1-2-6-14(12)20-16(13)23;/h1-2,5-6,13H,3-4,7-11,19H2,(H,20,23);1H. The maximum atomic E-state index is 12.2. The molecule has 0 bridgehead atoms. The molecule has 1 aliphatic carbocycles. The van der Waals surface area contributed by atoms with E-state index in [9.17, 15) is 4.79 Å². The molecule has 7 heteroatoms. The van der Waals surface area contributed by atoms with Gasteiger partial charge in [0.1, 0.15) is 0 Å². The van der Waals surface area contributed by atoms with Gasteiger partial charge in [0, 0.05) is 18.0 Å². The lowest BCUT2D eigenvalue weighted by molar-refractivity contribution is -0.120. The second kappa shape index (κ2) is 7.14. The number of para-hydroxylation sites is 1. The molecule has 2 aliphatic rings. The number of aryl methyl sites for hydroxylation is 1. The fraction of sp³-hybridized carbons (Fsp3) is 0.500. The maximum absolute atomic E-state index is 12.2. The lowest BCUT2D eigenvalue weighted by Crippen LogP contribution is -2.34. The zero-order valence-corrected chi connectivity index (χ0v) is 14.8. The van der Waals surface area contributed by atoms with E-state index in [0.29, 0.717) is 24.6 Å². The van der Waals surface area contributed by atoms with Gasteiger partial charge >= 0.3 is 0 Å². The quantitative estimate of drug-likeness (QED) is 0.871. The smallest absolute Gasteiger partial charge is 0.227 e. The molecule has 134 valence electrons. The molecule has 0 radical (unpaired) electrons. The van der Waals surface area contributed by atoms with Gasteiger partial charge in [-0.2, -0.15) is 4.98 Å². The fourth-order valence-corrected chi connectivity index (χ4v) is 3.73. The highest BCUT2D eigenvalue weighted by molar-refractivity contribution is 5.95. The van der Waals surface area contributed by atoms with Crippen molar-refractivity contribution in [2.75, 3.05) is 5.32 Å². The Hall–Kier alpha value is -1.92. The van der Waals surface area contributed by atoms with Gasteiger partial charge in [0.25, 0.3) is 0 Å². The van der Waals surface area contributed by atoms with Gasteiger partial charge in [0.2, 0.25) is 11.8 Å². The minimum atomic E-state index is -0.428. The van der Waals surface area contributed by atoms with Crippen molar-refractivity contribution in [2.24, 2.45) is 11.7 Å². The molecule has 1 saturated carbocycles. The van der Waals surface area contributed by atoms with E-state index < -0.39 is 5.54 Å². The van der Waals surface area contributed by atoms with Crippen molar-refractivity contribution in [3.63, 3.8) is 0 Å². The van der Waals surface area contributed by atoms with E-state index in [2.05, 4.69) is 21.5 Å². The molecule has 1 aromatic heterocycles. The number of hydrogen-bond donors (Lipinski definition) is 2. The first-order valence-corrected chi connectivity index (χ1v) is 8.65. The van der Waals surface area contributed by atoms with Gasteiger partial charge in [-0.15, -0.1) is 12.4 Å². The SMILES string of the molecule is Cl.NC1(c2noc(CCC3Cc4ccccc4NC3=O)n2)CCCC1. The summed E-state index contributed by atoms with van der Waals surface area (Å²) in [6.07, 6.45) is 6.10. The van der Waals surface area contributed by atoms with Crippen LogP contribution in [0, 0.1) is 5.92 Å². The summed E-state index contributed by atoms with van der Waals surface area (Å²) in [5.74, 6) is 1.20. The summed E-state index contributed by atoms with van der Waals surface area (Å²) in [6.45, 7) is 0. The first kappa shape index (κ1) is 17.9. The number of nitrogens with two attached hydrogens (primary N) is 1. The highest BCUT2D eigenvalue weighted by Gasteiger charge is 2.36. The van der Waals surface area contributed by atoms with Crippen LogP contribution >= 0.6 is 12.4 Å². The zero-order valence-electron chi connectivity index (χ0n) is 14.0. The van der Waals surface area contributed by atoms with Crippen LogP contribution in [0.25, 0.3) is 0 Å². The molecule has 1 unspecified atom stereocenters. The number of carbonyl (C=O) groups excluding carboxylic acids is 1. The second-order valence-corrected chi connectivity index (χ2v) is 6.96. The number of rotatable bonds is 4. The minimum Gasteiger partial charge on any atom is -0.339 e. The Balaban J connectivity index is 0.00000182. The molecular formula is C18H23ClN4O2. The summed E-state index contributed by atoms with van der Waals surface area (Å²) in [4.78, 5) is 16.7. The van der Waals surface area contributed by atoms with Crippen LogP contribution < -0.4 is 11.1 Å². The van der Waals surface area contributed by atoms with Gasteiger partial charge in [0.05, 0.1) is 5.54 Å². The molecule has 2 heterocycles. The molecule has 4 rings (SSSR count). The van der Waals surface area contributed by atoms with Crippen molar-refractivity contribution in [1.29, 1.82) is 0 Å². The molecule has 1 amide bonds. The Morgan fingerprint density at radius 1 is 1.28 bits per heavy atom. The molecule has 6 nitrogen and oxygen atoms in total. The number of amides is 1. The molecule has 1 atom stereocenters. The van der Waals surface area contributed by atoms with Crippen LogP contribution in [0.5, 0.6) is 0 Å². The highest BCUT2D eigenvalue weighted by atomic mass is 35.5. The number of carbonyl (C=O) groups is 1. The highest BCUT2D eigenvalue weighted by Crippen LogP contribution is 2.34. The van der Waals surface area contributed by atoms with Crippen LogP contribution in [0.3, 0.4) is 0 Å². The van der Waals surface area contributed by atoms with Gasteiger partial charge in [-0.25, -0.2) is 0 Å². The monoisotopic (exact) mass is 362 g/mol. The lowest BCUT2D eigenvalue weighted by Gasteiger charge is -2.24. The molecular weight excluding hydrogens is 340 g/mol. The Morgan fingerprint density at radius 2 is 2.04 bits per heavy atom. The number of halogens is 1. The molecule has 1 fully saturated rings. The summed E-state index contributed by atoms with van der Waals surface area (Å²) < 4.78 is 5.37. The molecule has 0 spiro atoms. The predicted octanol–water partition coefficient (Wildman–Crippen LogP) is 2.96. The molecule has 2 aromatic rings. The molecule has 25 heavy (non-hydrogen) atoms. The normalized spacial score (nSPS) is 21.3. The number of nitrogens with one attached hydrogen (secondary N) is 1. The van der Waals surface area contributed by atoms with Crippen LogP contribution in [0.15, 0.2) is 28.8 Å². The summed E-state index contributed by atoms with van der Waals surface area (Å²) in [6, 6.07) is 7.94. The number of aromatic nitrogens is 2. The number of fused-ring (bicyclic) bond motifs is 1. The first-order chi connectivity index (χ1) is 11.6. The number of anilines is 1. The van der Waals surface area contributed by atoms with Gasteiger partial charge in [-0.1, -0.05) is 36.2 Å². The molecule has 0 saturated heterocycles. The molecule has 3 N–H and O–H groups in total. The summed E-state index contributed by atoms with van der Waals surface area (Å²) in [7, 11) is 0. The van der Waals surface area contributed by atoms with Gasteiger partial charge in [0.15, 0.2) is 5.82 Å². The van der Waals surface area contributed by atoms with Crippen LogP contribution in [-0.4, -0.2) is 16.0 Å². The minimum absolute atomic E-state index is 0. The van der Waals surface area contributed by atoms with Crippen molar-refractivity contribution in [2.45, 2.75) is 50.5 Å². The average molecular weight is 363 g/mol. The Labute approximate surface area is 153 Å². The summed E-state index contributed by atoms with van der Waals surface area (Å²) >= 11 is 0. The van der Waals surface area contributed by atoms with Crippen LogP contribution in [0.4, 0.5) is 5.69 Å². The van der Waals surface area contributed by atoms with Crippen LogP contribution in [0.2, 0.25) is 0 Å². The largest absolute Gasteiger partial charge is 0.339 e. The maximum Gasteiger partial charge on any atom is 0.227 e. The number of hydrogen-bond acceptors (Lipinski definition) is 5. The van der Waals surface area contributed by atoms with E-state index in [1.54, 1.807) is 0 Å². The summed E-state index contributed by atoms with van der Waals surface area (Å²) in [5.41, 5.74) is 8.03. The van der Waals surface area contributed by atoms with Gasteiger partial charge in [-0.3, -0.25) is 4.79 Å². The van der Waals surface area contributed by atoms with Crippen LogP contribution in [-0.2, 0) is 23.2 Å². The van der Waals surface area contributed by atoms with E-state index >= 15 is 0 Å². The summed E-state index contributed by atoms with van der Waals surface area (Å²) in [5, 5.41) is 7.05. The fourth-order valence-electron chi connectivity index (χ4n) is 3.73. The van der Waals surface area contributed by atoms with Crippen molar-refractivity contribution in [1.82, 2.24) is 10.1 Å². The van der Waals surface area contributed by atoms with Gasteiger partial charge in [-0.05, 0) is 37.3 Å². The zero-order chi connectivity index (χ0) is 16.6. The van der Waals surface area contributed by atoms with Crippen molar-refractivity contribution in [3.8, 4) is 0 Å². The lowest BCUT2D eigenvalue weighted by atomic mass is 9.90. The van der Waals surface area contributed by atoms with E-state index in [4.69, 9.17) is 10.3 Å². The Kier molecular flexibility index (Phi) is 5.11. The van der Waals surface area contributed by atoms with E-state index in [0.717, 1.165) is 37.8 Å². The third kappa shape index (κ3) is 3.55. The Bertz CT molecular complexity index is 755. The topological polar surface area (TPSA) is 94.0 Å². The van der Waals surface area contributed by atoms with Crippen molar-refractivity contribution in [3.05, 3.63) is 41.5 Å². The average Bonchev–Trinajstić information content (AvgIpc) is 3.23. The number of benzene rings is 1. The second-order valence-electron chi connectivity index (χ2n) is 6.96. The molecule has 1 aliphatic heterocycles. The molecule has 1 aromatic carbocycles. The van der Waals surface area contributed by atoms with E-state index in [-0.39, 0.29) is 24.2 Å². The van der Waals surface area contributed by atoms with E-state index in [1.807, 2.05) is 18.2 Å².